The summed E-state index contributed by atoms with van der Waals surface area (Å²) in [6.07, 6.45) is 3.58. The first kappa shape index (κ1) is 16.8. The number of hydrogen-bond acceptors (Lipinski definition) is 3. The van der Waals surface area contributed by atoms with Gasteiger partial charge in [-0.25, -0.2) is 4.98 Å². The highest BCUT2D eigenvalue weighted by molar-refractivity contribution is 6.33. The maximum Gasteiger partial charge on any atom is 0.253 e. The second-order valence-corrected chi connectivity index (χ2v) is 5.54. The average molecular weight is 298 g/mol. The molecule has 1 aromatic heterocycles. The molecule has 0 fully saturated rings. The van der Waals surface area contributed by atoms with Crippen molar-refractivity contribution in [3.8, 4) is 0 Å². The Morgan fingerprint density at radius 1 is 1.40 bits per heavy atom. The fraction of sp³-hybridized carbons (Fsp3) is 0.600. The minimum atomic E-state index is -0.130. The minimum Gasteiger partial charge on any atom is -0.369 e. The van der Waals surface area contributed by atoms with E-state index in [0.29, 0.717) is 22.3 Å². The lowest BCUT2D eigenvalue weighted by molar-refractivity contribution is 0.0928. The van der Waals surface area contributed by atoms with Gasteiger partial charge in [0, 0.05) is 18.8 Å². The van der Waals surface area contributed by atoms with Gasteiger partial charge in [-0.05, 0) is 25.3 Å². The fourth-order valence-corrected chi connectivity index (χ4v) is 1.95. The molecule has 112 valence electrons. The standard InChI is InChI=1S/C15H24ClN3O/c1-5-7-17-14-13(16)8-12(9-18-14)15(20)19-11(4)10(3)6-2/h8-11H,5-7H2,1-4H3,(H,17,18)(H,19,20). The third kappa shape index (κ3) is 4.67. The van der Waals surface area contributed by atoms with Gasteiger partial charge in [-0.3, -0.25) is 4.79 Å². The average Bonchev–Trinajstić information content (AvgIpc) is 2.44. The summed E-state index contributed by atoms with van der Waals surface area (Å²) in [5, 5.41) is 6.58. The van der Waals surface area contributed by atoms with E-state index in [1.807, 2.05) is 6.92 Å². The zero-order valence-corrected chi connectivity index (χ0v) is 13.4. The van der Waals surface area contributed by atoms with Crippen molar-refractivity contribution in [1.29, 1.82) is 0 Å². The van der Waals surface area contributed by atoms with Crippen LogP contribution in [0, 0.1) is 5.92 Å². The Balaban J connectivity index is 2.72. The van der Waals surface area contributed by atoms with E-state index >= 15 is 0 Å². The molecule has 1 aromatic rings. The number of amides is 1. The third-order valence-corrected chi connectivity index (χ3v) is 3.79. The topological polar surface area (TPSA) is 54.0 Å². The molecule has 20 heavy (non-hydrogen) atoms. The summed E-state index contributed by atoms with van der Waals surface area (Å²) in [5.41, 5.74) is 0.493. The fourth-order valence-electron chi connectivity index (χ4n) is 1.72. The zero-order chi connectivity index (χ0) is 15.1. The molecule has 0 saturated carbocycles. The molecule has 1 rings (SSSR count). The summed E-state index contributed by atoms with van der Waals surface area (Å²) in [7, 11) is 0. The van der Waals surface area contributed by atoms with Gasteiger partial charge in [0.1, 0.15) is 5.82 Å². The number of pyridine rings is 1. The molecule has 1 heterocycles. The summed E-state index contributed by atoms with van der Waals surface area (Å²) in [4.78, 5) is 16.3. The van der Waals surface area contributed by atoms with Crippen LogP contribution >= 0.6 is 11.6 Å². The summed E-state index contributed by atoms with van der Waals surface area (Å²) >= 11 is 6.13. The van der Waals surface area contributed by atoms with Crippen LogP contribution in [0.25, 0.3) is 0 Å². The number of hydrogen-bond donors (Lipinski definition) is 2. The monoisotopic (exact) mass is 297 g/mol. The maximum atomic E-state index is 12.1. The lowest BCUT2D eigenvalue weighted by atomic mass is 10.0. The van der Waals surface area contributed by atoms with Gasteiger partial charge in [-0.2, -0.15) is 0 Å². The van der Waals surface area contributed by atoms with E-state index in [1.54, 1.807) is 12.3 Å². The van der Waals surface area contributed by atoms with Crippen molar-refractivity contribution in [2.45, 2.75) is 46.6 Å². The molecule has 4 nitrogen and oxygen atoms in total. The van der Waals surface area contributed by atoms with E-state index < -0.39 is 0 Å². The number of halogens is 1. The van der Waals surface area contributed by atoms with Gasteiger partial charge in [0.25, 0.3) is 5.91 Å². The van der Waals surface area contributed by atoms with Crippen LogP contribution in [0.15, 0.2) is 12.3 Å². The van der Waals surface area contributed by atoms with Gasteiger partial charge in [0.05, 0.1) is 10.6 Å². The number of nitrogens with zero attached hydrogens (tertiary/aromatic N) is 1. The van der Waals surface area contributed by atoms with Gasteiger partial charge in [-0.1, -0.05) is 38.8 Å². The first-order chi connectivity index (χ1) is 9.49. The minimum absolute atomic E-state index is 0.129. The predicted octanol–water partition coefficient (Wildman–Crippen LogP) is 3.72. The lowest BCUT2D eigenvalue weighted by Gasteiger charge is -2.20. The molecular formula is C15H24ClN3O. The molecule has 0 radical (unpaired) electrons. The molecular weight excluding hydrogens is 274 g/mol. The Morgan fingerprint density at radius 2 is 2.10 bits per heavy atom. The third-order valence-electron chi connectivity index (χ3n) is 3.50. The van der Waals surface area contributed by atoms with Gasteiger partial charge >= 0.3 is 0 Å². The van der Waals surface area contributed by atoms with Crippen LogP contribution in [-0.2, 0) is 0 Å². The molecule has 0 aliphatic carbocycles. The van der Waals surface area contributed by atoms with Crippen molar-refractivity contribution in [3.05, 3.63) is 22.8 Å². The van der Waals surface area contributed by atoms with E-state index in [9.17, 15) is 4.79 Å². The van der Waals surface area contributed by atoms with Crippen molar-refractivity contribution in [3.63, 3.8) is 0 Å². The van der Waals surface area contributed by atoms with E-state index in [-0.39, 0.29) is 11.9 Å². The molecule has 0 aromatic carbocycles. The molecule has 5 heteroatoms. The van der Waals surface area contributed by atoms with Crippen LogP contribution in [0.3, 0.4) is 0 Å². The number of aromatic nitrogens is 1. The predicted molar refractivity (Wildman–Crippen MR) is 84.4 cm³/mol. The molecule has 0 saturated heterocycles. The van der Waals surface area contributed by atoms with Crippen LogP contribution in [-0.4, -0.2) is 23.5 Å². The SMILES string of the molecule is CCCNc1ncc(C(=O)NC(C)C(C)CC)cc1Cl. The Hall–Kier alpha value is -1.29. The summed E-state index contributed by atoms with van der Waals surface area (Å²) in [6, 6.07) is 1.79. The molecule has 0 spiro atoms. The van der Waals surface area contributed by atoms with Crippen molar-refractivity contribution in [2.24, 2.45) is 5.92 Å². The van der Waals surface area contributed by atoms with E-state index in [1.165, 1.54) is 0 Å². The van der Waals surface area contributed by atoms with Crippen molar-refractivity contribution < 1.29 is 4.79 Å². The van der Waals surface area contributed by atoms with E-state index in [0.717, 1.165) is 19.4 Å². The second kappa shape index (κ2) is 8.10. The van der Waals surface area contributed by atoms with Crippen molar-refractivity contribution in [1.82, 2.24) is 10.3 Å². The Labute approximate surface area is 126 Å². The zero-order valence-electron chi connectivity index (χ0n) is 12.7. The number of rotatable bonds is 7. The molecule has 1 amide bonds. The normalized spacial score (nSPS) is 13.7. The van der Waals surface area contributed by atoms with Gasteiger partial charge < -0.3 is 10.6 Å². The lowest BCUT2D eigenvalue weighted by Crippen LogP contribution is -2.36. The number of nitrogens with one attached hydrogen (secondary N) is 2. The Kier molecular flexibility index (Phi) is 6.79. The summed E-state index contributed by atoms with van der Waals surface area (Å²) < 4.78 is 0. The number of anilines is 1. The molecule has 2 N–H and O–H groups in total. The number of carbonyl (C=O) groups excluding carboxylic acids is 1. The maximum absolute atomic E-state index is 12.1. The van der Waals surface area contributed by atoms with Gasteiger partial charge in [-0.15, -0.1) is 0 Å². The molecule has 2 unspecified atom stereocenters. The Bertz CT molecular complexity index is 451. The van der Waals surface area contributed by atoms with Crippen LogP contribution in [0.2, 0.25) is 5.02 Å². The van der Waals surface area contributed by atoms with Crippen LogP contribution in [0.4, 0.5) is 5.82 Å². The van der Waals surface area contributed by atoms with Crippen LogP contribution in [0.5, 0.6) is 0 Å². The smallest absolute Gasteiger partial charge is 0.253 e. The highest BCUT2D eigenvalue weighted by atomic mass is 35.5. The summed E-state index contributed by atoms with van der Waals surface area (Å²) in [6.45, 7) is 9.12. The highest BCUT2D eigenvalue weighted by Gasteiger charge is 2.15. The first-order valence-electron chi connectivity index (χ1n) is 7.19. The highest BCUT2D eigenvalue weighted by Crippen LogP contribution is 2.20. The summed E-state index contributed by atoms with van der Waals surface area (Å²) in [5.74, 6) is 0.933. The largest absolute Gasteiger partial charge is 0.369 e. The van der Waals surface area contributed by atoms with E-state index in [2.05, 4.69) is 36.4 Å². The van der Waals surface area contributed by atoms with Crippen LogP contribution < -0.4 is 10.6 Å². The van der Waals surface area contributed by atoms with Gasteiger partial charge in [0.15, 0.2) is 0 Å². The molecule has 0 bridgehead atoms. The first-order valence-corrected chi connectivity index (χ1v) is 7.57. The van der Waals surface area contributed by atoms with Crippen molar-refractivity contribution in [2.75, 3.05) is 11.9 Å². The molecule has 0 aliphatic heterocycles. The van der Waals surface area contributed by atoms with E-state index in [4.69, 9.17) is 11.6 Å². The number of carbonyl (C=O) groups is 1. The van der Waals surface area contributed by atoms with Crippen LogP contribution in [0.1, 0.15) is 50.9 Å². The molecule has 0 aliphatic rings. The van der Waals surface area contributed by atoms with Crippen molar-refractivity contribution >= 4 is 23.3 Å². The molecule has 2 atom stereocenters. The Morgan fingerprint density at radius 3 is 2.65 bits per heavy atom. The van der Waals surface area contributed by atoms with Gasteiger partial charge in [0.2, 0.25) is 0 Å². The second-order valence-electron chi connectivity index (χ2n) is 5.13. The quantitative estimate of drug-likeness (QED) is 0.806.